The summed E-state index contributed by atoms with van der Waals surface area (Å²) in [5.41, 5.74) is 2.97. The van der Waals surface area contributed by atoms with Gasteiger partial charge in [-0.2, -0.15) is 0 Å². The monoisotopic (exact) mass is 458 g/mol. The van der Waals surface area contributed by atoms with Crippen molar-refractivity contribution in [1.82, 2.24) is 9.88 Å². The van der Waals surface area contributed by atoms with Crippen LogP contribution in [-0.2, 0) is 11.3 Å². The molecule has 0 unspecified atom stereocenters. The van der Waals surface area contributed by atoms with E-state index in [1.54, 1.807) is 23.4 Å². The second kappa shape index (κ2) is 9.58. The van der Waals surface area contributed by atoms with Gasteiger partial charge in [0, 0.05) is 25.5 Å². The summed E-state index contributed by atoms with van der Waals surface area (Å²) in [4.78, 5) is 26.4. The van der Waals surface area contributed by atoms with Crippen molar-refractivity contribution >= 4 is 40.3 Å². The Morgan fingerprint density at radius 2 is 1.88 bits per heavy atom. The van der Waals surface area contributed by atoms with Gasteiger partial charge in [0.05, 0.1) is 22.8 Å². The Balaban J connectivity index is 1.45. The number of halogens is 1. The second-order valence-corrected chi connectivity index (χ2v) is 9.01. The minimum atomic E-state index is -0.257. The van der Waals surface area contributed by atoms with Crippen molar-refractivity contribution in [2.45, 2.75) is 19.4 Å². The van der Waals surface area contributed by atoms with Gasteiger partial charge in [0.1, 0.15) is 5.82 Å². The SMILES string of the molecule is O=C1/C(=C\c2ccc(N3CCCC3)c(F)c2)SC(=Nc2ccccc2)N1Cc1cccnc1. The lowest BCUT2D eigenvalue weighted by atomic mass is 10.1. The van der Waals surface area contributed by atoms with E-state index >= 15 is 0 Å². The number of hydrogen-bond donors (Lipinski definition) is 0. The lowest BCUT2D eigenvalue weighted by Crippen LogP contribution is -2.28. The Labute approximate surface area is 196 Å². The van der Waals surface area contributed by atoms with Gasteiger partial charge in [0.2, 0.25) is 0 Å². The average molecular weight is 459 g/mol. The summed E-state index contributed by atoms with van der Waals surface area (Å²) >= 11 is 1.31. The molecule has 2 aromatic carbocycles. The van der Waals surface area contributed by atoms with Gasteiger partial charge in [0.25, 0.3) is 5.91 Å². The normalized spacial score (nSPS) is 18.6. The first kappa shape index (κ1) is 21.4. The summed E-state index contributed by atoms with van der Waals surface area (Å²) in [5.74, 6) is -0.408. The number of pyridine rings is 1. The van der Waals surface area contributed by atoms with Crippen LogP contribution in [0.3, 0.4) is 0 Å². The molecule has 5 rings (SSSR count). The highest BCUT2D eigenvalue weighted by atomic mass is 32.2. The molecular formula is C26H23FN4OS. The Morgan fingerprint density at radius 3 is 2.61 bits per heavy atom. The van der Waals surface area contributed by atoms with Crippen molar-refractivity contribution in [2.24, 2.45) is 4.99 Å². The van der Waals surface area contributed by atoms with Gasteiger partial charge >= 0.3 is 0 Å². The number of aliphatic imine (C=N–C) groups is 1. The van der Waals surface area contributed by atoms with E-state index < -0.39 is 0 Å². The maximum Gasteiger partial charge on any atom is 0.267 e. The number of rotatable bonds is 5. The molecule has 0 bridgehead atoms. The maximum atomic E-state index is 14.8. The molecular weight excluding hydrogens is 435 g/mol. The van der Waals surface area contributed by atoms with Crippen molar-refractivity contribution in [3.63, 3.8) is 0 Å². The molecule has 1 aromatic heterocycles. The van der Waals surface area contributed by atoms with Crippen molar-refractivity contribution < 1.29 is 9.18 Å². The number of nitrogens with zero attached hydrogens (tertiary/aromatic N) is 4. The number of amidine groups is 1. The lowest BCUT2D eigenvalue weighted by Gasteiger charge is -2.18. The first-order chi connectivity index (χ1) is 16.2. The molecule has 2 aliphatic heterocycles. The summed E-state index contributed by atoms with van der Waals surface area (Å²) in [6.45, 7) is 2.13. The third-order valence-electron chi connectivity index (χ3n) is 5.65. The summed E-state index contributed by atoms with van der Waals surface area (Å²) in [6.07, 6.45) is 7.37. The Hall–Kier alpha value is -3.45. The number of aromatic nitrogens is 1. The number of para-hydroxylation sites is 1. The van der Waals surface area contributed by atoms with Crippen molar-refractivity contribution in [1.29, 1.82) is 0 Å². The van der Waals surface area contributed by atoms with Crippen LogP contribution in [0.4, 0.5) is 15.8 Å². The number of hydrogen-bond acceptors (Lipinski definition) is 5. The van der Waals surface area contributed by atoms with Crippen LogP contribution in [0.5, 0.6) is 0 Å². The molecule has 0 radical (unpaired) electrons. The van der Waals surface area contributed by atoms with E-state index in [4.69, 9.17) is 4.99 Å². The molecule has 5 nitrogen and oxygen atoms in total. The van der Waals surface area contributed by atoms with Crippen molar-refractivity contribution in [3.8, 4) is 0 Å². The largest absolute Gasteiger partial charge is 0.369 e. The number of amides is 1. The Morgan fingerprint density at radius 1 is 1.06 bits per heavy atom. The predicted molar refractivity (Wildman–Crippen MR) is 132 cm³/mol. The Kier molecular flexibility index (Phi) is 6.21. The molecule has 33 heavy (non-hydrogen) atoms. The molecule has 166 valence electrons. The third-order valence-corrected chi connectivity index (χ3v) is 6.66. The van der Waals surface area contributed by atoms with E-state index in [0.717, 1.165) is 37.2 Å². The molecule has 2 aliphatic rings. The fourth-order valence-electron chi connectivity index (χ4n) is 4.00. The topological polar surface area (TPSA) is 48.8 Å². The molecule has 0 saturated carbocycles. The quantitative estimate of drug-likeness (QED) is 0.465. The van der Waals surface area contributed by atoms with Gasteiger partial charge in [-0.05, 0) is 72.1 Å². The molecule has 1 amide bonds. The molecule has 0 N–H and O–H groups in total. The zero-order valence-electron chi connectivity index (χ0n) is 18.0. The van der Waals surface area contributed by atoms with Gasteiger partial charge in [-0.3, -0.25) is 14.7 Å². The Bertz CT molecular complexity index is 1210. The second-order valence-electron chi connectivity index (χ2n) is 8.00. The molecule has 0 atom stereocenters. The van der Waals surface area contributed by atoms with E-state index in [-0.39, 0.29) is 11.7 Å². The van der Waals surface area contributed by atoms with Crippen LogP contribution in [0, 0.1) is 5.82 Å². The third kappa shape index (κ3) is 4.83. The van der Waals surface area contributed by atoms with Crippen LogP contribution >= 0.6 is 11.8 Å². The van der Waals surface area contributed by atoms with E-state index in [0.29, 0.717) is 27.9 Å². The summed E-state index contributed by atoms with van der Waals surface area (Å²) in [6, 6.07) is 18.5. The van der Waals surface area contributed by atoms with Crippen molar-refractivity contribution in [2.75, 3.05) is 18.0 Å². The van der Waals surface area contributed by atoms with E-state index in [2.05, 4.69) is 9.88 Å². The molecule has 7 heteroatoms. The number of carbonyl (C=O) groups is 1. The first-order valence-electron chi connectivity index (χ1n) is 11.0. The highest BCUT2D eigenvalue weighted by molar-refractivity contribution is 8.18. The van der Waals surface area contributed by atoms with Crippen LogP contribution in [0.25, 0.3) is 6.08 Å². The molecule has 0 aliphatic carbocycles. The van der Waals surface area contributed by atoms with E-state index in [1.165, 1.54) is 17.8 Å². The number of anilines is 1. The average Bonchev–Trinajstić information content (AvgIpc) is 3.46. The molecule has 3 heterocycles. The van der Waals surface area contributed by atoms with Crippen LogP contribution in [-0.4, -0.2) is 34.0 Å². The van der Waals surface area contributed by atoms with E-state index in [9.17, 15) is 9.18 Å². The highest BCUT2D eigenvalue weighted by Crippen LogP contribution is 2.35. The fourth-order valence-corrected chi connectivity index (χ4v) is 4.99. The van der Waals surface area contributed by atoms with E-state index in [1.807, 2.05) is 54.6 Å². The molecule has 2 saturated heterocycles. The van der Waals surface area contributed by atoms with Gasteiger partial charge in [-0.25, -0.2) is 9.38 Å². The van der Waals surface area contributed by atoms with Crippen LogP contribution in [0.1, 0.15) is 24.0 Å². The maximum absolute atomic E-state index is 14.8. The smallest absolute Gasteiger partial charge is 0.267 e. The standard InChI is InChI=1S/C26H23FN4OS/c27-22-15-19(10-11-23(22)30-13-4-5-14-30)16-24-25(32)31(18-20-7-6-12-28-17-20)26(33-24)29-21-8-2-1-3-9-21/h1-3,6-12,15-17H,4-5,13-14,18H2/b24-16+,29-26?. The van der Waals surface area contributed by atoms with Crippen molar-refractivity contribution in [3.05, 3.63) is 94.9 Å². The molecule has 0 spiro atoms. The highest BCUT2D eigenvalue weighted by Gasteiger charge is 2.33. The van der Waals surface area contributed by atoms with Crippen LogP contribution in [0.15, 0.2) is 83.0 Å². The number of benzene rings is 2. The summed E-state index contributed by atoms with van der Waals surface area (Å²) < 4.78 is 14.8. The van der Waals surface area contributed by atoms with Crippen LogP contribution < -0.4 is 4.90 Å². The minimum Gasteiger partial charge on any atom is -0.369 e. The summed E-state index contributed by atoms with van der Waals surface area (Å²) in [7, 11) is 0. The zero-order chi connectivity index (χ0) is 22.6. The van der Waals surface area contributed by atoms with Gasteiger partial charge in [-0.1, -0.05) is 30.3 Å². The zero-order valence-corrected chi connectivity index (χ0v) is 18.8. The molecule has 2 fully saturated rings. The minimum absolute atomic E-state index is 0.150. The van der Waals surface area contributed by atoms with Gasteiger partial charge < -0.3 is 4.90 Å². The number of carbonyl (C=O) groups excluding carboxylic acids is 1. The molecule has 3 aromatic rings. The fraction of sp³-hybridized carbons (Fsp3) is 0.192. The van der Waals surface area contributed by atoms with Gasteiger partial charge in [-0.15, -0.1) is 0 Å². The summed E-state index contributed by atoms with van der Waals surface area (Å²) in [5, 5.41) is 0.593. The predicted octanol–water partition coefficient (Wildman–Crippen LogP) is 5.63. The van der Waals surface area contributed by atoms with Gasteiger partial charge in [0.15, 0.2) is 5.17 Å². The number of thioether (sulfide) groups is 1. The van der Waals surface area contributed by atoms with Crippen LogP contribution in [0.2, 0.25) is 0 Å². The first-order valence-corrected chi connectivity index (χ1v) is 11.8. The lowest BCUT2D eigenvalue weighted by molar-refractivity contribution is -0.122.